The van der Waals surface area contributed by atoms with E-state index in [1.807, 2.05) is 28.7 Å². The monoisotopic (exact) mass is 227 g/mol. The van der Waals surface area contributed by atoms with Gasteiger partial charge >= 0.3 is 0 Å². The van der Waals surface area contributed by atoms with E-state index in [-0.39, 0.29) is 0 Å². The van der Waals surface area contributed by atoms with E-state index in [9.17, 15) is 0 Å². The second-order valence-electron chi connectivity index (χ2n) is 3.95. The number of nitrogen functional groups attached to an aromatic ring is 1. The van der Waals surface area contributed by atoms with Crippen molar-refractivity contribution in [2.24, 2.45) is 5.92 Å². The Bertz CT molecular complexity index is 273. The average Bonchev–Trinajstić information content (AvgIpc) is 2.63. The third kappa shape index (κ3) is 5.11. The van der Waals surface area contributed by atoms with E-state index in [2.05, 4.69) is 18.9 Å². The minimum absolute atomic E-state index is 0.613. The molecule has 0 aliphatic heterocycles. The standard InChI is InChI=1S/C11H21N3S/c1-3-10(2)9-15-8-4-6-14-7-5-11(12)13-14/h5,7,10H,3-4,6,8-9H2,1-2H3,(H2,12,13). The molecule has 4 heteroatoms. The Morgan fingerprint density at radius 2 is 2.40 bits per heavy atom. The lowest BCUT2D eigenvalue weighted by molar-refractivity contribution is 0.606. The molecule has 0 aliphatic rings. The molecule has 0 amide bonds. The van der Waals surface area contributed by atoms with Crippen LogP contribution in [0.3, 0.4) is 0 Å². The van der Waals surface area contributed by atoms with E-state index in [1.165, 1.54) is 24.3 Å². The van der Waals surface area contributed by atoms with Gasteiger partial charge in [0.1, 0.15) is 5.82 Å². The Balaban J connectivity index is 2.02. The van der Waals surface area contributed by atoms with E-state index in [4.69, 9.17) is 5.73 Å². The Labute approximate surface area is 96.4 Å². The first kappa shape index (κ1) is 12.4. The third-order valence-electron chi connectivity index (χ3n) is 2.44. The van der Waals surface area contributed by atoms with Gasteiger partial charge in [0.2, 0.25) is 0 Å². The molecule has 0 radical (unpaired) electrons. The molecule has 86 valence electrons. The summed E-state index contributed by atoms with van der Waals surface area (Å²) < 4.78 is 1.92. The number of aromatic nitrogens is 2. The van der Waals surface area contributed by atoms with Gasteiger partial charge in [0, 0.05) is 12.7 Å². The summed E-state index contributed by atoms with van der Waals surface area (Å²) in [7, 11) is 0. The molecule has 0 saturated heterocycles. The molecule has 2 N–H and O–H groups in total. The fourth-order valence-electron chi connectivity index (χ4n) is 1.23. The minimum atomic E-state index is 0.613. The van der Waals surface area contributed by atoms with Crippen LogP contribution in [0.4, 0.5) is 5.82 Å². The van der Waals surface area contributed by atoms with Crippen molar-refractivity contribution in [2.75, 3.05) is 17.2 Å². The zero-order chi connectivity index (χ0) is 11.1. The molecule has 0 saturated carbocycles. The molecule has 1 heterocycles. The molecule has 1 atom stereocenters. The number of rotatable bonds is 7. The minimum Gasteiger partial charge on any atom is -0.382 e. The number of hydrogen-bond acceptors (Lipinski definition) is 3. The van der Waals surface area contributed by atoms with Crippen LogP contribution < -0.4 is 5.73 Å². The van der Waals surface area contributed by atoms with Gasteiger partial charge in [-0.25, -0.2) is 0 Å². The summed E-state index contributed by atoms with van der Waals surface area (Å²) >= 11 is 2.04. The van der Waals surface area contributed by atoms with Gasteiger partial charge in [0.05, 0.1) is 0 Å². The summed E-state index contributed by atoms with van der Waals surface area (Å²) in [5.74, 6) is 3.94. The molecule has 1 aromatic heterocycles. The Morgan fingerprint density at radius 3 is 3.00 bits per heavy atom. The quantitative estimate of drug-likeness (QED) is 0.728. The van der Waals surface area contributed by atoms with Crippen LogP contribution in [-0.2, 0) is 6.54 Å². The van der Waals surface area contributed by atoms with Crippen molar-refractivity contribution >= 4 is 17.6 Å². The average molecular weight is 227 g/mol. The molecule has 0 spiro atoms. The highest BCUT2D eigenvalue weighted by Crippen LogP contribution is 2.12. The van der Waals surface area contributed by atoms with Crippen molar-refractivity contribution < 1.29 is 0 Å². The lowest BCUT2D eigenvalue weighted by Gasteiger charge is -2.07. The molecule has 1 unspecified atom stereocenters. The predicted molar refractivity (Wildman–Crippen MR) is 68.0 cm³/mol. The fraction of sp³-hybridized carbons (Fsp3) is 0.727. The van der Waals surface area contributed by atoms with Gasteiger partial charge in [-0.15, -0.1) is 0 Å². The summed E-state index contributed by atoms with van der Waals surface area (Å²) in [6.07, 6.45) is 4.39. The van der Waals surface area contributed by atoms with Crippen molar-refractivity contribution in [3.8, 4) is 0 Å². The molecular formula is C11H21N3S. The predicted octanol–water partition coefficient (Wildman–Crippen LogP) is 2.63. The normalized spacial score (nSPS) is 12.9. The second-order valence-corrected chi connectivity index (χ2v) is 5.10. The lowest BCUT2D eigenvalue weighted by atomic mass is 10.2. The van der Waals surface area contributed by atoms with Crippen molar-refractivity contribution in [3.63, 3.8) is 0 Å². The summed E-state index contributed by atoms with van der Waals surface area (Å²) in [4.78, 5) is 0. The molecule has 0 aliphatic carbocycles. The van der Waals surface area contributed by atoms with Crippen molar-refractivity contribution in [1.82, 2.24) is 9.78 Å². The maximum Gasteiger partial charge on any atom is 0.145 e. The number of nitrogens with two attached hydrogens (primary N) is 1. The number of anilines is 1. The first-order valence-electron chi connectivity index (χ1n) is 5.59. The molecule has 1 rings (SSSR count). The van der Waals surface area contributed by atoms with Crippen LogP contribution in [-0.4, -0.2) is 21.3 Å². The Kier molecular flexibility index (Phi) is 5.61. The largest absolute Gasteiger partial charge is 0.382 e. The first-order chi connectivity index (χ1) is 7.22. The van der Waals surface area contributed by atoms with Crippen molar-refractivity contribution in [1.29, 1.82) is 0 Å². The highest BCUT2D eigenvalue weighted by molar-refractivity contribution is 7.99. The summed E-state index contributed by atoms with van der Waals surface area (Å²) in [6.45, 7) is 5.53. The molecule has 0 bridgehead atoms. The van der Waals surface area contributed by atoms with Gasteiger partial charge in [-0.3, -0.25) is 4.68 Å². The molecule has 15 heavy (non-hydrogen) atoms. The van der Waals surface area contributed by atoms with Gasteiger partial charge in [-0.05, 0) is 29.9 Å². The van der Waals surface area contributed by atoms with Gasteiger partial charge < -0.3 is 5.73 Å². The second kappa shape index (κ2) is 6.77. The summed E-state index contributed by atoms with van der Waals surface area (Å²) in [5.41, 5.74) is 5.53. The lowest BCUT2D eigenvalue weighted by Crippen LogP contribution is -2.02. The molecule has 3 nitrogen and oxygen atoms in total. The number of hydrogen-bond donors (Lipinski definition) is 1. The Morgan fingerprint density at radius 1 is 1.60 bits per heavy atom. The van der Waals surface area contributed by atoms with Crippen LogP contribution in [0, 0.1) is 5.92 Å². The highest BCUT2D eigenvalue weighted by atomic mass is 32.2. The molecule has 0 fully saturated rings. The van der Waals surface area contributed by atoms with E-state index in [1.54, 1.807) is 0 Å². The van der Waals surface area contributed by atoms with Crippen LogP contribution in [0.1, 0.15) is 26.7 Å². The summed E-state index contributed by atoms with van der Waals surface area (Å²) in [6, 6.07) is 1.84. The van der Waals surface area contributed by atoms with E-state index < -0.39 is 0 Å². The maximum absolute atomic E-state index is 5.53. The SMILES string of the molecule is CCC(C)CSCCCn1ccc(N)n1. The van der Waals surface area contributed by atoms with Crippen LogP contribution >= 0.6 is 11.8 Å². The highest BCUT2D eigenvalue weighted by Gasteiger charge is 1.99. The molecular weight excluding hydrogens is 206 g/mol. The van der Waals surface area contributed by atoms with E-state index in [0.717, 1.165) is 12.5 Å². The fourth-order valence-corrected chi connectivity index (χ4v) is 2.37. The smallest absolute Gasteiger partial charge is 0.145 e. The molecule has 1 aromatic rings. The zero-order valence-electron chi connectivity index (χ0n) is 9.65. The van der Waals surface area contributed by atoms with E-state index >= 15 is 0 Å². The maximum atomic E-state index is 5.53. The van der Waals surface area contributed by atoms with Crippen molar-refractivity contribution in [3.05, 3.63) is 12.3 Å². The number of thioether (sulfide) groups is 1. The van der Waals surface area contributed by atoms with Gasteiger partial charge in [0.25, 0.3) is 0 Å². The van der Waals surface area contributed by atoms with Crippen molar-refractivity contribution in [2.45, 2.75) is 33.2 Å². The van der Waals surface area contributed by atoms with Crippen LogP contribution in [0.25, 0.3) is 0 Å². The van der Waals surface area contributed by atoms with Crippen LogP contribution in [0.5, 0.6) is 0 Å². The van der Waals surface area contributed by atoms with E-state index in [0.29, 0.717) is 5.82 Å². The van der Waals surface area contributed by atoms with Crippen LogP contribution in [0.2, 0.25) is 0 Å². The zero-order valence-corrected chi connectivity index (χ0v) is 10.5. The summed E-state index contributed by atoms with van der Waals surface area (Å²) in [5, 5.41) is 4.14. The van der Waals surface area contributed by atoms with Crippen LogP contribution in [0.15, 0.2) is 12.3 Å². The van der Waals surface area contributed by atoms with Gasteiger partial charge in [-0.1, -0.05) is 20.3 Å². The third-order valence-corrected chi connectivity index (χ3v) is 3.82. The Hall–Kier alpha value is -0.640. The number of nitrogens with zero attached hydrogens (tertiary/aromatic N) is 2. The first-order valence-corrected chi connectivity index (χ1v) is 6.74. The van der Waals surface area contributed by atoms with Gasteiger partial charge in [0.15, 0.2) is 0 Å². The topological polar surface area (TPSA) is 43.8 Å². The molecule has 0 aromatic carbocycles. The van der Waals surface area contributed by atoms with Gasteiger partial charge in [-0.2, -0.15) is 16.9 Å². The number of aryl methyl sites for hydroxylation is 1.